The molecule has 1 N–H and O–H groups in total. The zero-order valence-electron chi connectivity index (χ0n) is 18.9. The summed E-state index contributed by atoms with van der Waals surface area (Å²) in [7, 11) is 1.68. The Bertz CT molecular complexity index is 1040. The van der Waals surface area contributed by atoms with Crippen LogP contribution in [0.2, 0.25) is 0 Å². The van der Waals surface area contributed by atoms with Gasteiger partial charge in [0.1, 0.15) is 11.5 Å². The van der Waals surface area contributed by atoms with Gasteiger partial charge in [0.15, 0.2) is 0 Å². The number of aryl methyl sites for hydroxylation is 1. The van der Waals surface area contributed by atoms with Gasteiger partial charge in [-0.2, -0.15) is 0 Å². The van der Waals surface area contributed by atoms with Gasteiger partial charge in [-0.05, 0) is 41.7 Å². The van der Waals surface area contributed by atoms with Crippen LogP contribution in [-0.2, 0) is 6.42 Å². The zero-order chi connectivity index (χ0) is 22.7. The summed E-state index contributed by atoms with van der Waals surface area (Å²) in [5.74, 6) is 1.04. The number of nitrogens with zero attached hydrogens (tertiary/aromatic N) is 1. The third-order valence-corrected chi connectivity index (χ3v) is 6.77. The van der Waals surface area contributed by atoms with Gasteiger partial charge < -0.3 is 14.7 Å². The van der Waals surface area contributed by atoms with Crippen LogP contribution in [0.4, 0.5) is 0 Å². The number of methoxy groups -OCH3 is 1. The molecule has 1 aliphatic rings. The van der Waals surface area contributed by atoms with Crippen LogP contribution in [0.15, 0.2) is 110 Å². The number of hydrogen-bond donors (Lipinski definition) is 1. The normalized spacial score (nSPS) is 20.2. The van der Waals surface area contributed by atoms with Crippen molar-refractivity contribution in [2.45, 2.75) is 31.8 Å². The van der Waals surface area contributed by atoms with E-state index >= 15 is 0 Å². The molecule has 0 saturated carbocycles. The fourth-order valence-electron chi connectivity index (χ4n) is 4.94. The van der Waals surface area contributed by atoms with Gasteiger partial charge in [-0.15, -0.1) is 0 Å². The van der Waals surface area contributed by atoms with Gasteiger partial charge in [0.05, 0.1) is 19.2 Å². The molecule has 1 unspecified atom stereocenters. The Morgan fingerprint density at radius 1 is 0.969 bits per heavy atom. The predicted molar refractivity (Wildman–Crippen MR) is 131 cm³/mol. The maximum absolute atomic E-state index is 10.7. The molecule has 0 aliphatic carbocycles. The minimum atomic E-state index is -0.270. The second-order valence-electron chi connectivity index (χ2n) is 8.74. The summed E-state index contributed by atoms with van der Waals surface area (Å²) >= 11 is 0. The number of aliphatic hydroxyl groups is 1. The van der Waals surface area contributed by atoms with Gasteiger partial charge in [0, 0.05) is 11.1 Å². The highest BCUT2D eigenvalue weighted by atomic mass is 16.5. The Hall–Kier alpha value is -3.46. The van der Waals surface area contributed by atoms with Crippen LogP contribution in [0.1, 0.15) is 36.1 Å². The van der Waals surface area contributed by atoms with Crippen LogP contribution in [0.5, 0.6) is 5.75 Å². The van der Waals surface area contributed by atoms with Crippen molar-refractivity contribution in [1.29, 1.82) is 0 Å². The first-order chi connectivity index (χ1) is 15.5. The van der Waals surface area contributed by atoms with E-state index in [-0.39, 0.29) is 23.3 Å². The SMILES string of the molecule is C=C(O)C1N(C(c2ccccc2)c2ccccc2)C(=C)[C@]1(C)CCc1ccc(OC)cc1. The summed E-state index contributed by atoms with van der Waals surface area (Å²) in [5, 5.41) is 10.7. The van der Waals surface area contributed by atoms with Gasteiger partial charge in [-0.1, -0.05) is 92.9 Å². The smallest absolute Gasteiger partial charge is 0.118 e. The lowest BCUT2D eigenvalue weighted by atomic mass is 9.64. The van der Waals surface area contributed by atoms with Crippen LogP contribution in [-0.4, -0.2) is 23.2 Å². The molecule has 3 aromatic carbocycles. The van der Waals surface area contributed by atoms with E-state index < -0.39 is 0 Å². The summed E-state index contributed by atoms with van der Waals surface area (Å²) in [6.07, 6.45) is 1.76. The average molecular weight is 426 g/mol. The number of aliphatic hydroxyl groups excluding tert-OH is 1. The lowest BCUT2D eigenvalue weighted by molar-refractivity contribution is -0.0224. The second-order valence-corrected chi connectivity index (χ2v) is 8.74. The molecule has 164 valence electrons. The van der Waals surface area contributed by atoms with Crippen molar-refractivity contribution in [2.75, 3.05) is 7.11 Å². The van der Waals surface area contributed by atoms with Crippen molar-refractivity contribution in [3.63, 3.8) is 0 Å². The van der Waals surface area contributed by atoms with E-state index in [1.165, 1.54) is 16.7 Å². The molecule has 0 spiro atoms. The molecule has 3 aromatic rings. The average Bonchev–Trinajstić information content (AvgIpc) is 2.83. The number of likely N-dealkylation sites (tertiary alicyclic amines) is 1. The highest BCUT2D eigenvalue weighted by Gasteiger charge is 2.56. The Labute approximate surface area is 191 Å². The van der Waals surface area contributed by atoms with Crippen LogP contribution in [0.25, 0.3) is 0 Å². The maximum atomic E-state index is 10.7. The molecule has 3 nitrogen and oxygen atoms in total. The first kappa shape index (κ1) is 21.8. The van der Waals surface area contributed by atoms with E-state index in [9.17, 15) is 5.11 Å². The molecule has 3 heteroatoms. The van der Waals surface area contributed by atoms with Crippen molar-refractivity contribution >= 4 is 0 Å². The predicted octanol–water partition coefficient (Wildman–Crippen LogP) is 6.69. The van der Waals surface area contributed by atoms with Gasteiger partial charge in [-0.25, -0.2) is 0 Å². The summed E-state index contributed by atoms with van der Waals surface area (Å²) in [4.78, 5) is 2.24. The first-order valence-electron chi connectivity index (χ1n) is 11.0. The molecule has 32 heavy (non-hydrogen) atoms. The maximum Gasteiger partial charge on any atom is 0.118 e. The highest BCUT2D eigenvalue weighted by molar-refractivity contribution is 5.41. The molecule has 2 atom stereocenters. The fraction of sp³-hybridized carbons (Fsp3) is 0.241. The van der Waals surface area contributed by atoms with Crippen LogP contribution in [0, 0.1) is 5.41 Å². The molecule has 4 rings (SSSR count). The third-order valence-electron chi connectivity index (χ3n) is 6.77. The first-order valence-corrected chi connectivity index (χ1v) is 11.0. The molecule has 1 saturated heterocycles. The van der Waals surface area contributed by atoms with Gasteiger partial charge in [0.25, 0.3) is 0 Å². The summed E-state index contributed by atoms with van der Waals surface area (Å²) in [6, 6.07) is 28.7. The fourth-order valence-corrected chi connectivity index (χ4v) is 4.94. The summed E-state index contributed by atoms with van der Waals surface area (Å²) < 4.78 is 5.27. The Morgan fingerprint density at radius 2 is 1.50 bits per heavy atom. The van der Waals surface area contributed by atoms with Crippen molar-refractivity contribution in [3.8, 4) is 5.75 Å². The van der Waals surface area contributed by atoms with Gasteiger partial charge >= 0.3 is 0 Å². The summed E-state index contributed by atoms with van der Waals surface area (Å²) in [6.45, 7) is 10.6. The Balaban J connectivity index is 1.63. The molecule has 1 heterocycles. The van der Waals surface area contributed by atoms with E-state index in [0.29, 0.717) is 0 Å². The Morgan fingerprint density at radius 3 is 1.97 bits per heavy atom. The van der Waals surface area contributed by atoms with Crippen LogP contribution in [0.3, 0.4) is 0 Å². The van der Waals surface area contributed by atoms with Crippen LogP contribution < -0.4 is 4.74 Å². The topological polar surface area (TPSA) is 32.7 Å². The quantitative estimate of drug-likeness (QED) is 0.408. The van der Waals surface area contributed by atoms with Gasteiger partial charge in [-0.3, -0.25) is 0 Å². The van der Waals surface area contributed by atoms with E-state index in [0.717, 1.165) is 24.3 Å². The number of ether oxygens (including phenoxy) is 1. The molecule has 0 radical (unpaired) electrons. The second kappa shape index (κ2) is 8.96. The number of hydrogen-bond acceptors (Lipinski definition) is 3. The van der Waals surface area contributed by atoms with Crippen LogP contribution >= 0.6 is 0 Å². The number of rotatable bonds is 8. The van der Waals surface area contributed by atoms with E-state index in [2.05, 4.69) is 85.6 Å². The minimum absolute atomic E-state index is 0.0344. The minimum Gasteiger partial charge on any atom is -0.511 e. The third kappa shape index (κ3) is 3.91. The molecule has 1 aliphatic heterocycles. The summed E-state index contributed by atoms with van der Waals surface area (Å²) in [5.41, 5.74) is 4.34. The van der Waals surface area contributed by atoms with Gasteiger partial charge in [0.2, 0.25) is 0 Å². The van der Waals surface area contributed by atoms with E-state index in [1.54, 1.807) is 7.11 Å². The molecule has 1 fully saturated rings. The standard InChI is InChI=1S/C29H31NO2/c1-21(31)28-29(3,20-19-23-15-17-26(32-4)18-16-23)22(2)30(28)27(24-11-7-5-8-12-24)25-13-9-6-10-14-25/h5-18,27-28,31H,1-2,19-20H2,3-4H3/t28?,29-/m0/s1. The molecular weight excluding hydrogens is 394 g/mol. The lowest BCUT2D eigenvalue weighted by Gasteiger charge is -2.61. The molecule has 0 amide bonds. The van der Waals surface area contributed by atoms with Crippen molar-refractivity contribution in [1.82, 2.24) is 4.90 Å². The monoisotopic (exact) mass is 425 g/mol. The molecule has 0 aromatic heterocycles. The van der Waals surface area contributed by atoms with Crippen molar-refractivity contribution in [2.24, 2.45) is 5.41 Å². The molecular formula is C29H31NO2. The Kier molecular flexibility index (Phi) is 6.09. The number of benzene rings is 3. The zero-order valence-corrected chi connectivity index (χ0v) is 18.9. The van der Waals surface area contributed by atoms with E-state index in [4.69, 9.17) is 4.74 Å². The molecule has 0 bridgehead atoms. The lowest BCUT2D eigenvalue weighted by Crippen LogP contribution is -2.62. The van der Waals surface area contributed by atoms with Crippen molar-refractivity contribution < 1.29 is 9.84 Å². The largest absolute Gasteiger partial charge is 0.511 e. The highest BCUT2D eigenvalue weighted by Crippen LogP contribution is 2.56. The van der Waals surface area contributed by atoms with Crippen molar-refractivity contribution in [3.05, 3.63) is 126 Å². The van der Waals surface area contributed by atoms with E-state index in [1.807, 2.05) is 24.3 Å².